The van der Waals surface area contributed by atoms with Crippen LogP contribution in [0.5, 0.6) is 0 Å². The van der Waals surface area contributed by atoms with Crippen molar-refractivity contribution in [3.63, 3.8) is 0 Å². The second kappa shape index (κ2) is 9.04. The fraction of sp³-hybridized carbons (Fsp3) is 0.429. The Labute approximate surface area is 122 Å². The summed E-state index contributed by atoms with van der Waals surface area (Å²) in [5.41, 5.74) is 0.295. The van der Waals surface area contributed by atoms with Crippen molar-refractivity contribution in [2.24, 2.45) is 0 Å². The van der Waals surface area contributed by atoms with Gasteiger partial charge in [0, 0.05) is 19.4 Å². The van der Waals surface area contributed by atoms with Gasteiger partial charge in [-0.15, -0.1) is 0 Å². The minimum absolute atomic E-state index is 0.237. The minimum Gasteiger partial charge on any atom is -0.480 e. The zero-order chi connectivity index (χ0) is 15.7. The number of carbonyl (C=O) groups is 2. The lowest BCUT2D eigenvalue weighted by Crippen LogP contribution is -2.40. The van der Waals surface area contributed by atoms with E-state index in [9.17, 15) is 14.0 Å². The summed E-state index contributed by atoms with van der Waals surface area (Å²) in [6, 6.07) is 4.42. The van der Waals surface area contributed by atoms with Gasteiger partial charge in [0.25, 0.3) is 0 Å². The van der Waals surface area contributed by atoms with Crippen LogP contribution >= 0.6 is 0 Å². The van der Waals surface area contributed by atoms with Crippen molar-refractivity contribution < 1.29 is 23.8 Å². The first-order chi connectivity index (χ1) is 10.0. The van der Waals surface area contributed by atoms with Crippen LogP contribution in [0.1, 0.15) is 12.8 Å². The Morgan fingerprint density at radius 3 is 2.81 bits per heavy atom. The number of amides is 1. The molecule has 1 unspecified atom stereocenters. The fourth-order valence-electron chi connectivity index (χ4n) is 1.70. The molecule has 1 rings (SSSR count). The average molecular weight is 298 g/mol. The highest BCUT2D eigenvalue weighted by Crippen LogP contribution is 2.09. The van der Waals surface area contributed by atoms with Gasteiger partial charge in [-0.2, -0.15) is 0 Å². The molecule has 0 aliphatic carbocycles. The number of carbonyl (C=O) groups excluding carboxylic acids is 1. The molecule has 3 N–H and O–H groups in total. The summed E-state index contributed by atoms with van der Waals surface area (Å²) in [4.78, 5) is 22.8. The highest BCUT2D eigenvalue weighted by atomic mass is 19.1. The lowest BCUT2D eigenvalue weighted by Gasteiger charge is -2.14. The number of benzene rings is 1. The van der Waals surface area contributed by atoms with E-state index in [1.165, 1.54) is 24.3 Å². The third-order valence-corrected chi connectivity index (χ3v) is 2.71. The molecule has 1 aromatic rings. The number of hydrogen-bond donors (Lipinski definition) is 3. The predicted molar refractivity (Wildman–Crippen MR) is 75.6 cm³/mol. The van der Waals surface area contributed by atoms with E-state index >= 15 is 0 Å². The van der Waals surface area contributed by atoms with Gasteiger partial charge in [0.05, 0.1) is 6.42 Å². The van der Waals surface area contributed by atoms with Crippen molar-refractivity contribution in [2.75, 3.05) is 25.6 Å². The second-order valence-corrected chi connectivity index (χ2v) is 4.45. The van der Waals surface area contributed by atoms with E-state index in [-0.39, 0.29) is 6.42 Å². The van der Waals surface area contributed by atoms with Gasteiger partial charge in [0.15, 0.2) is 0 Å². The molecule has 0 saturated carbocycles. The molecule has 0 aliphatic rings. The van der Waals surface area contributed by atoms with E-state index in [1.807, 2.05) is 0 Å². The number of hydrogen-bond acceptors (Lipinski definition) is 4. The van der Waals surface area contributed by atoms with Crippen molar-refractivity contribution in [1.29, 1.82) is 0 Å². The summed E-state index contributed by atoms with van der Waals surface area (Å²) in [5.74, 6) is -2.07. The minimum atomic E-state index is -1.11. The summed E-state index contributed by atoms with van der Waals surface area (Å²) in [6.07, 6.45) is 0.407. The van der Waals surface area contributed by atoms with Gasteiger partial charge in [-0.1, -0.05) is 6.07 Å². The molecule has 1 atom stereocenters. The van der Waals surface area contributed by atoms with Crippen LogP contribution < -0.4 is 10.6 Å². The Balaban J connectivity index is 2.46. The van der Waals surface area contributed by atoms with E-state index in [4.69, 9.17) is 9.84 Å². The van der Waals surface area contributed by atoms with E-state index in [1.54, 1.807) is 7.11 Å². The largest absolute Gasteiger partial charge is 0.480 e. The molecule has 0 fully saturated rings. The van der Waals surface area contributed by atoms with Crippen LogP contribution in [0.25, 0.3) is 0 Å². The number of carboxylic acid groups (broad SMARTS) is 1. The van der Waals surface area contributed by atoms with E-state index < -0.39 is 23.7 Å². The molecular formula is C14H19FN2O4. The van der Waals surface area contributed by atoms with Crippen LogP contribution in [0.4, 0.5) is 10.1 Å². The maximum Gasteiger partial charge on any atom is 0.321 e. The van der Waals surface area contributed by atoms with E-state index in [2.05, 4.69) is 10.6 Å². The molecule has 0 heterocycles. The van der Waals surface area contributed by atoms with Crippen LogP contribution in [0.15, 0.2) is 24.3 Å². The number of nitrogens with one attached hydrogen (secondary N) is 2. The van der Waals surface area contributed by atoms with Gasteiger partial charge in [-0.05, 0) is 31.2 Å². The molecule has 1 amide bonds. The van der Waals surface area contributed by atoms with Crippen LogP contribution in [-0.2, 0) is 14.3 Å². The van der Waals surface area contributed by atoms with Gasteiger partial charge in [0.1, 0.15) is 11.9 Å². The zero-order valence-corrected chi connectivity index (χ0v) is 11.8. The lowest BCUT2D eigenvalue weighted by molar-refractivity contribution is -0.141. The molecule has 21 heavy (non-hydrogen) atoms. The Morgan fingerprint density at radius 1 is 1.43 bits per heavy atom. The number of ether oxygens (including phenoxy) is 1. The summed E-state index contributed by atoms with van der Waals surface area (Å²) in [6.45, 7) is 0.937. The normalized spacial score (nSPS) is 11.9. The van der Waals surface area contributed by atoms with E-state index in [0.717, 1.165) is 0 Å². The number of rotatable bonds is 9. The van der Waals surface area contributed by atoms with Gasteiger partial charge >= 0.3 is 5.97 Å². The standard InChI is InChI=1S/C14H19FN2O4/c1-21-7-3-6-16-12(14(19)20)9-13(18)17-11-5-2-4-10(15)8-11/h2,4-5,8,12,16H,3,6-7,9H2,1H3,(H,17,18)(H,19,20). The maximum atomic E-state index is 13.0. The van der Waals surface area contributed by atoms with Crippen molar-refractivity contribution in [3.8, 4) is 0 Å². The SMILES string of the molecule is COCCCNC(CC(=O)Nc1cccc(F)c1)C(=O)O. The smallest absolute Gasteiger partial charge is 0.321 e. The molecule has 6 nitrogen and oxygen atoms in total. The highest BCUT2D eigenvalue weighted by Gasteiger charge is 2.20. The molecule has 0 aliphatic heterocycles. The number of methoxy groups -OCH3 is 1. The molecular weight excluding hydrogens is 279 g/mol. The monoisotopic (exact) mass is 298 g/mol. The topological polar surface area (TPSA) is 87.7 Å². The molecule has 0 bridgehead atoms. The number of anilines is 1. The molecule has 116 valence electrons. The fourth-order valence-corrected chi connectivity index (χ4v) is 1.70. The lowest BCUT2D eigenvalue weighted by atomic mass is 10.2. The summed E-state index contributed by atoms with van der Waals surface area (Å²) in [5, 5.41) is 14.3. The van der Waals surface area contributed by atoms with Crippen molar-refractivity contribution >= 4 is 17.6 Å². The Morgan fingerprint density at radius 2 is 2.19 bits per heavy atom. The summed E-state index contributed by atoms with van der Waals surface area (Å²) in [7, 11) is 1.56. The van der Waals surface area contributed by atoms with Crippen molar-refractivity contribution in [1.82, 2.24) is 5.32 Å². The first-order valence-corrected chi connectivity index (χ1v) is 6.53. The predicted octanol–water partition coefficient (Wildman–Crippen LogP) is 1.23. The quantitative estimate of drug-likeness (QED) is 0.597. The molecule has 0 saturated heterocycles. The Kier molecular flexibility index (Phi) is 7.34. The van der Waals surface area contributed by atoms with Gasteiger partial charge in [-0.25, -0.2) is 4.39 Å². The molecule has 0 radical (unpaired) electrons. The Bertz CT molecular complexity index is 482. The molecule has 0 spiro atoms. The summed E-state index contributed by atoms with van der Waals surface area (Å²) < 4.78 is 17.8. The van der Waals surface area contributed by atoms with Gasteiger partial charge in [0.2, 0.25) is 5.91 Å². The molecule has 1 aromatic carbocycles. The molecule has 7 heteroatoms. The Hall–Kier alpha value is -1.99. The van der Waals surface area contributed by atoms with Gasteiger partial charge < -0.3 is 20.5 Å². The first kappa shape index (κ1) is 17.1. The molecule has 0 aromatic heterocycles. The van der Waals surface area contributed by atoms with E-state index in [0.29, 0.717) is 25.3 Å². The number of halogens is 1. The maximum absolute atomic E-state index is 13.0. The van der Waals surface area contributed by atoms with Gasteiger partial charge in [-0.3, -0.25) is 9.59 Å². The average Bonchev–Trinajstić information content (AvgIpc) is 2.42. The second-order valence-electron chi connectivity index (χ2n) is 4.45. The van der Waals surface area contributed by atoms with Crippen LogP contribution in [0.3, 0.4) is 0 Å². The first-order valence-electron chi connectivity index (χ1n) is 6.53. The third kappa shape index (κ3) is 6.82. The van der Waals surface area contributed by atoms with Crippen molar-refractivity contribution in [2.45, 2.75) is 18.9 Å². The van der Waals surface area contributed by atoms with Crippen LogP contribution in [0, 0.1) is 5.82 Å². The summed E-state index contributed by atoms with van der Waals surface area (Å²) >= 11 is 0. The third-order valence-electron chi connectivity index (χ3n) is 2.71. The van der Waals surface area contributed by atoms with Crippen molar-refractivity contribution in [3.05, 3.63) is 30.1 Å². The highest BCUT2D eigenvalue weighted by molar-refractivity contribution is 5.94. The number of aliphatic carboxylic acids is 1. The zero-order valence-electron chi connectivity index (χ0n) is 11.8. The number of carboxylic acids is 1. The van der Waals surface area contributed by atoms with Crippen LogP contribution in [0.2, 0.25) is 0 Å². The van der Waals surface area contributed by atoms with Crippen LogP contribution in [-0.4, -0.2) is 43.3 Å².